The average molecular weight is 714 g/mol. The van der Waals surface area contributed by atoms with Crippen molar-refractivity contribution >= 4 is 22.4 Å². The van der Waals surface area contributed by atoms with Gasteiger partial charge in [-0.3, -0.25) is 9.80 Å². The maximum Gasteiger partial charge on any atom is 0.410 e. The van der Waals surface area contributed by atoms with E-state index in [-0.39, 0.29) is 24.2 Å². The van der Waals surface area contributed by atoms with Gasteiger partial charge in [0.05, 0.1) is 24.3 Å². The van der Waals surface area contributed by atoms with Gasteiger partial charge in [-0.25, -0.2) is 14.5 Å². The molecule has 3 atom stereocenters. The zero-order valence-electron chi connectivity index (χ0n) is 30.4. The molecule has 13 nitrogen and oxygen atoms in total. The number of nitriles is 1. The van der Waals surface area contributed by atoms with E-state index in [1.807, 2.05) is 33.0 Å². The highest BCUT2D eigenvalue weighted by molar-refractivity contribution is 7.16. The third-order valence-electron chi connectivity index (χ3n) is 10.1. The van der Waals surface area contributed by atoms with Crippen molar-refractivity contribution in [3.63, 3.8) is 0 Å². The molecule has 7 rings (SSSR count). The van der Waals surface area contributed by atoms with Crippen molar-refractivity contribution in [2.45, 2.75) is 123 Å². The molecule has 1 aliphatic carbocycles. The third-order valence-corrected chi connectivity index (χ3v) is 11.2. The summed E-state index contributed by atoms with van der Waals surface area (Å²) >= 11 is 1.51. The van der Waals surface area contributed by atoms with E-state index in [9.17, 15) is 10.1 Å². The number of carbonyl (C=O) groups excluding carboxylic acids is 1. The Balaban J connectivity index is 1.27. The van der Waals surface area contributed by atoms with Crippen LogP contribution < -0.4 is 10.5 Å². The summed E-state index contributed by atoms with van der Waals surface area (Å²) in [6, 6.07) is 4.44. The average Bonchev–Trinajstić information content (AvgIpc) is 3.90. The number of aryl methyl sites for hydroxylation is 1. The summed E-state index contributed by atoms with van der Waals surface area (Å²) in [5, 5.41) is 20.1. The Hall–Kier alpha value is -4.48. The molecule has 4 aromatic heterocycles. The van der Waals surface area contributed by atoms with Crippen LogP contribution in [-0.4, -0.2) is 72.1 Å². The molecule has 2 aliphatic heterocycles. The molecule has 1 saturated heterocycles. The summed E-state index contributed by atoms with van der Waals surface area (Å²) in [6.07, 6.45) is 8.95. The molecular weight excluding hydrogens is 667 g/mol. The van der Waals surface area contributed by atoms with E-state index in [4.69, 9.17) is 34.8 Å². The largest absolute Gasteiger partial charge is 0.473 e. The SMILES string of the molecule is CCCCc1c(-c2nc(O[C@@H](C)[C@@H]3CCCN3C)cc(-n3cc4c(n3)CN(C(=O)OC(C)(C)C)C4)n2)noc1[C@H]1CCCc2sc(N)c(C#N)c21. The first-order valence-electron chi connectivity index (χ1n) is 18.1. The molecule has 3 aliphatic rings. The van der Waals surface area contributed by atoms with Gasteiger partial charge in [-0.2, -0.15) is 15.3 Å². The molecule has 270 valence electrons. The number of ether oxygens (including phenoxy) is 2. The molecule has 0 aromatic carbocycles. The summed E-state index contributed by atoms with van der Waals surface area (Å²) in [5.74, 6) is 1.99. The fourth-order valence-electron chi connectivity index (χ4n) is 7.64. The molecule has 0 spiro atoms. The predicted octanol–water partition coefficient (Wildman–Crippen LogP) is 6.76. The van der Waals surface area contributed by atoms with Crippen molar-refractivity contribution in [1.82, 2.24) is 34.7 Å². The zero-order chi connectivity index (χ0) is 36.0. The van der Waals surface area contributed by atoms with Gasteiger partial charge >= 0.3 is 6.09 Å². The van der Waals surface area contributed by atoms with E-state index >= 15 is 0 Å². The smallest absolute Gasteiger partial charge is 0.410 e. The number of amides is 1. The minimum atomic E-state index is -0.583. The first-order valence-corrected chi connectivity index (χ1v) is 18.9. The number of unbranched alkanes of at least 4 members (excludes halogenated alkanes) is 1. The minimum Gasteiger partial charge on any atom is -0.473 e. The Morgan fingerprint density at radius 1 is 1.24 bits per heavy atom. The lowest BCUT2D eigenvalue weighted by Gasteiger charge is -2.26. The van der Waals surface area contributed by atoms with Gasteiger partial charge in [-0.1, -0.05) is 18.5 Å². The molecule has 1 amide bonds. The van der Waals surface area contributed by atoms with Gasteiger partial charge in [0, 0.05) is 40.2 Å². The highest BCUT2D eigenvalue weighted by Crippen LogP contribution is 2.47. The van der Waals surface area contributed by atoms with Crippen molar-refractivity contribution in [3.05, 3.63) is 50.8 Å². The Morgan fingerprint density at radius 2 is 2.06 bits per heavy atom. The number of fused-ring (bicyclic) bond motifs is 2. The molecule has 6 heterocycles. The van der Waals surface area contributed by atoms with Crippen LogP contribution in [-0.2, 0) is 30.7 Å². The lowest BCUT2D eigenvalue weighted by atomic mass is 9.81. The molecule has 4 aromatic rings. The minimum absolute atomic E-state index is 0.111. The number of hydrogen-bond donors (Lipinski definition) is 1. The number of anilines is 1. The van der Waals surface area contributed by atoms with Crippen molar-refractivity contribution in [1.29, 1.82) is 5.26 Å². The Labute approximate surface area is 302 Å². The van der Waals surface area contributed by atoms with Crippen LogP contribution in [0.3, 0.4) is 0 Å². The highest BCUT2D eigenvalue weighted by atomic mass is 32.1. The second kappa shape index (κ2) is 13.9. The van der Waals surface area contributed by atoms with E-state index < -0.39 is 5.60 Å². The molecule has 0 radical (unpaired) electrons. The summed E-state index contributed by atoms with van der Waals surface area (Å²) < 4.78 is 20.1. The van der Waals surface area contributed by atoms with Crippen molar-refractivity contribution in [2.75, 3.05) is 19.3 Å². The number of hydrogen-bond acceptors (Lipinski definition) is 12. The van der Waals surface area contributed by atoms with Gasteiger partial charge in [0.15, 0.2) is 17.3 Å². The summed E-state index contributed by atoms with van der Waals surface area (Å²) in [6.45, 7) is 11.6. The monoisotopic (exact) mass is 713 g/mol. The van der Waals surface area contributed by atoms with Gasteiger partial charge < -0.3 is 19.7 Å². The van der Waals surface area contributed by atoms with Crippen molar-refractivity contribution < 1.29 is 18.8 Å². The molecule has 0 unspecified atom stereocenters. The molecule has 1 fully saturated rings. The number of carbonyl (C=O) groups is 1. The van der Waals surface area contributed by atoms with Crippen molar-refractivity contribution in [3.8, 4) is 29.3 Å². The van der Waals surface area contributed by atoms with E-state index in [1.165, 1.54) is 11.3 Å². The second-order valence-electron chi connectivity index (χ2n) is 15.0. The Kier molecular flexibility index (Phi) is 9.54. The summed E-state index contributed by atoms with van der Waals surface area (Å²) in [5.41, 5.74) is 10.5. The van der Waals surface area contributed by atoms with Crippen LogP contribution in [0.2, 0.25) is 0 Å². The Bertz CT molecular complexity index is 1940. The molecular formula is C37H47N9O4S. The van der Waals surface area contributed by atoms with Crippen LogP contribution in [0.1, 0.15) is 118 Å². The van der Waals surface area contributed by atoms with Gasteiger partial charge in [0.2, 0.25) is 5.88 Å². The fourth-order valence-corrected chi connectivity index (χ4v) is 8.76. The number of nitrogens with two attached hydrogens (primary N) is 1. The van der Waals surface area contributed by atoms with Gasteiger partial charge in [0.1, 0.15) is 28.5 Å². The van der Waals surface area contributed by atoms with Gasteiger partial charge in [-0.15, -0.1) is 11.3 Å². The maximum absolute atomic E-state index is 12.8. The van der Waals surface area contributed by atoms with Crippen LogP contribution in [0.15, 0.2) is 16.8 Å². The molecule has 0 saturated carbocycles. The van der Waals surface area contributed by atoms with Crippen LogP contribution in [0.25, 0.3) is 17.3 Å². The number of rotatable bonds is 9. The van der Waals surface area contributed by atoms with Gasteiger partial charge in [0.25, 0.3) is 0 Å². The molecule has 51 heavy (non-hydrogen) atoms. The normalized spacial score (nSPS) is 19.5. The first kappa shape index (κ1) is 34.9. The second-order valence-corrected chi connectivity index (χ2v) is 16.1. The number of likely N-dealkylation sites (tertiary alicyclic amines) is 1. The van der Waals surface area contributed by atoms with Crippen LogP contribution in [0, 0.1) is 11.3 Å². The lowest BCUT2D eigenvalue weighted by Crippen LogP contribution is -2.38. The molecule has 0 bridgehead atoms. The van der Waals surface area contributed by atoms with E-state index in [0.29, 0.717) is 46.9 Å². The van der Waals surface area contributed by atoms with E-state index in [1.54, 1.807) is 9.58 Å². The van der Waals surface area contributed by atoms with Crippen LogP contribution in [0.5, 0.6) is 5.88 Å². The standard InChI is InChI=1S/C37H47N9O4S/c1-7-8-11-24-32(43-50-33(24)23-12-9-14-28-31(23)25(17-38)34(39)51-28)35-40-29(16-30(41-35)48-21(2)27-13-10-15-44(27)6)46-19-22-18-45(20-26(22)42-46)36(47)49-37(3,4)5/h16,19,21,23,27H,7-15,18,20,39H2,1-6H3/t21-,23-,27-/m0/s1. The third kappa shape index (κ3) is 6.93. The number of thiophene rings is 1. The number of likely N-dealkylation sites (N-methyl/N-ethyl adjacent to an activating group) is 1. The summed E-state index contributed by atoms with van der Waals surface area (Å²) in [7, 11) is 2.13. The van der Waals surface area contributed by atoms with Crippen molar-refractivity contribution in [2.24, 2.45) is 0 Å². The number of nitrogen functional groups attached to an aromatic ring is 1. The maximum atomic E-state index is 12.8. The van der Waals surface area contributed by atoms with E-state index in [0.717, 1.165) is 90.9 Å². The Morgan fingerprint density at radius 3 is 2.76 bits per heavy atom. The van der Waals surface area contributed by atoms with E-state index in [2.05, 4.69) is 37.0 Å². The van der Waals surface area contributed by atoms with Crippen LogP contribution in [0.4, 0.5) is 9.80 Å². The van der Waals surface area contributed by atoms with Crippen LogP contribution >= 0.6 is 11.3 Å². The first-order chi connectivity index (χ1) is 24.4. The topological polar surface area (TPSA) is 161 Å². The summed E-state index contributed by atoms with van der Waals surface area (Å²) in [4.78, 5) is 27.9. The zero-order valence-corrected chi connectivity index (χ0v) is 31.2. The highest BCUT2D eigenvalue weighted by Gasteiger charge is 2.36. The number of nitrogens with zero attached hydrogens (tertiary/aromatic N) is 8. The predicted molar refractivity (Wildman–Crippen MR) is 193 cm³/mol. The fraction of sp³-hybridized carbons (Fsp3) is 0.568. The molecule has 2 N–H and O–H groups in total. The lowest BCUT2D eigenvalue weighted by molar-refractivity contribution is 0.0239. The quantitative estimate of drug-likeness (QED) is 0.195. The molecule has 14 heteroatoms. The van der Waals surface area contributed by atoms with Gasteiger partial charge in [-0.05, 0) is 91.8 Å². The number of aromatic nitrogens is 5.